The summed E-state index contributed by atoms with van der Waals surface area (Å²) in [4.78, 5) is 23.7. The first-order valence-corrected chi connectivity index (χ1v) is 6.13. The van der Waals surface area contributed by atoms with Crippen molar-refractivity contribution in [2.24, 2.45) is 0 Å². The zero-order chi connectivity index (χ0) is 14.7. The molecule has 0 aliphatic rings. The van der Waals surface area contributed by atoms with Gasteiger partial charge >= 0.3 is 5.97 Å². The Morgan fingerprint density at radius 2 is 1.68 bits per heavy atom. The predicted molar refractivity (Wildman–Crippen MR) is 71.3 cm³/mol. The van der Waals surface area contributed by atoms with Crippen LogP contribution >= 0.6 is 23.2 Å². The lowest BCUT2D eigenvalue weighted by molar-refractivity contribution is -0.152. The second kappa shape index (κ2) is 6.23. The molecule has 0 fully saturated rings. The number of carbonyl (C=O) groups is 2. The maximum Gasteiger partial charge on any atom is 0.326 e. The van der Waals surface area contributed by atoms with Crippen LogP contribution in [-0.4, -0.2) is 40.1 Å². The number of carboxylic acid groups (broad SMARTS) is 1. The van der Waals surface area contributed by atoms with Crippen LogP contribution in [0.5, 0.6) is 0 Å². The molecule has 1 aromatic carbocycles. The number of hydrogen-bond acceptors (Lipinski definition) is 3. The van der Waals surface area contributed by atoms with Crippen molar-refractivity contribution in [1.82, 2.24) is 4.90 Å². The van der Waals surface area contributed by atoms with Crippen LogP contribution in [0, 0.1) is 0 Å². The van der Waals surface area contributed by atoms with Gasteiger partial charge in [-0.2, -0.15) is 0 Å². The number of rotatable bonds is 4. The molecule has 1 amide bonds. The number of amides is 1. The van der Waals surface area contributed by atoms with E-state index in [4.69, 9.17) is 28.3 Å². The summed E-state index contributed by atoms with van der Waals surface area (Å²) in [6.07, 6.45) is -1.51. The molecule has 5 nitrogen and oxygen atoms in total. The topological polar surface area (TPSA) is 77.8 Å². The number of likely N-dealkylation sites (N-methyl/N-ethyl adjacent to an activating group) is 1. The third-order valence-corrected chi connectivity index (χ3v) is 3.16. The molecule has 0 saturated carbocycles. The summed E-state index contributed by atoms with van der Waals surface area (Å²) in [5, 5.41) is 19.3. The van der Waals surface area contributed by atoms with Crippen molar-refractivity contribution >= 4 is 35.1 Å². The minimum absolute atomic E-state index is 0.215. The molecule has 0 saturated heterocycles. The Balaban J connectivity index is 2.96. The van der Waals surface area contributed by atoms with E-state index in [-0.39, 0.29) is 15.6 Å². The Labute approximate surface area is 120 Å². The molecule has 1 aromatic rings. The molecule has 0 aliphatic heterocycles. The standard InChI is InChI=1S/C12H13Cl2NO4/c1-6(12(18)19)15(2)11(17)10(16)7-3-8(13)5-9(14)4-7/h3-6,10,16H,1-2H3,(H,18,19). The fraction of sp³-hybridized carbons (Fsp3) is 0.333. The second-order valence-corrected chi connectivity index (χ2v) is 4.94. The molecule has 0 radical (unpaired) electrons. The Bertz CT molecular complexity index is 486. The lowest BCUT2D eigenvalue weighted by Gasteiger charge is -2.24. The highest BCUT2D eigenvalue weighted by Gasteiger charge is 2.28. The first-order valence-electron chi connectivity index (χ1n) is 5.37. The average molecular weight is 306 g/mol. The van der Waals surface area contributed by atoms with Crippen LogP contribution in [0.15, 0.2) is 18.2 Å². The SMILES string of the molecule is CC(C(=O)O)N(C)C(=O)C(O)c1cc(Cl)cc(Cl)c1. The van der Waals surface area contributed by atoms with E-state index in [2.05, 4.69) is 0 Å². The van der Waals surface area contributed by atoms with Gasteiger partial charge in [0.2, 0.25) is 0 Å². The van der Waals surface area contributed by atoms with Gasteiger partial charge in [0.1, 0.15) is 6.04 Å². The molecule has 0 aliphatic carbocycles. The van der Waals surface area contributed by atoms with E-state index in [1.807, 2.05) is 0 Å². The maximum absolute atomic E-state index is 11.9. The van der Waals surface area contributed by atoms with Crippen molar-refractivity contribution in [2.75, 3.05) is 7.05 Å². The second-order valence-electron chi connectivity index (χ2n) is 4.07. The maximum atomic E-state index is 11.9. The number of aliphatic hydroxyl groups excluding tert-OH is 1. The zero-order valence-corrected chi connectivity index (χ0v) is 11.8. The number of hydrogen-bond donors (Lipinski definition) is 2. The van der Waals surface area contributed by atoms with Gasteiger partial charge in [0.15, 0.2) is 6.10 Å². The lowest BCUT2D eigenvalue weighted by Crippen LogP contribution is -2.42. The van der Waals surface area contributed by atoms with Crippen LogP contribution in [-0.2, 0) is 9.59 Å². The van der Waals surface area contributed by atoms with Crippen LogP contribution in [0.1, 0.15) is 18.6 Å². The normalized spacial score (nSPS) is 13.7. The molecular formula is C12H13Cl2NO4. The number of carboxylic acids is 1. The number of aliphatic carboxylic acids is 1. The van der Waals surface area contributed by atoms with Crippen LogP contribution in [0.4, 0.5) is 0 Å². The number of nitrogens with zero attached hydrogens (tertiary/aromatic N) is 1. The molecule has 0 spiro atoms. The highest BCUT2D eigenvalue weighted by molar-refractivity contribution is 6.34. The van der Waals surface area contributed by atoms with Gasteiger partial charge in [-0.15, -0.1) is 0 Å². The summed E-state index contributed by atoms with van der Waals surface area (Å²) in [7, 11) is 1.30. The lowest BCUT2D eigenvalue weighted by atomic mass is 10.1. The molecule has 19 heavy (non-hydrogen) atoms. The van der Waals surface area contributed by atoms with E-state index in [1.165, 1.54) is 32.2 Å². The molecule has 1 rings (SSSR count). The average Bonchev–Trinajstić information content (AvgIpc) is 2.33. The van der Waals surface area contributed by atoms with Crippen molar-refractivity contribution in [3.05, 3.63) is 33.8 Å². The van der Waals surface area contributed by atoms with Gasteiger partial charge in [-0.3, -0.25) is 4.79 Å². The van der Waals surface area contributed by atoms with E-state index < -0.39 is 24.0 Å². The monoisotopic (exact) mass is 305 g/mol. The fourth-order valence-electron chi connectivity index (χ4n) is 1.43. The van der Waals surface area contributed by atoms with E-state index in [0.29, 0.717) is 0 Å². The quantitative estimate of drug-likeness (QED) is 0.891. The third kappa shape index (κ3) is 3.83. The van der Waals surface area contributed by atoms with Crippen molar-refractivity contribution in [1.29, 1.82) is 0 Å². The Kier molecular flexibility index (Phi) is 5.17. The minimum Gasteiger partial charge on any atom is -0.480 e. The molecular weight excluding hydrogens is 293 g/mol. The highest BCUT2D eigenvalue weighted by Crippen LogP contribution is 2.24. The largest absolute Gasteiger partial charge is 0.480 e. The summed E-state index contributed by atoms with van der Waals surface area (Å²) in [6, 6.07) is 3.22. The zero-order valence-electron chi connectivity index (χ0n) is 10.3. The van der Waals surface area contributed by atoms with E-state index in [1.54, 1.807) is 0 Å². The molecule has 104 valence electrons. The number of benzene rings is 1. The predicted octanol–water partition coefficient (Wildman–Crippen LogP) is 1.96. The molecule has 2 unspecified atom stereocenters. The summed E-state index contributed by atoms with van der Waals surface area (Å²) < 4.78 is 0. The van der Waals surface area contributed by atoms with Crippen molar-refractivity contribution in [3.63, 3.8) is 0 Å². The summed E-state index contributed by atoms with van der Waals surface area (Å²) >= 11 is 11.6. The Morgan fingerprint density at radius 3 is 2.11 bits per heavy atom. The molecule has 0 aromatic heterocycles. The third-order valence-electron chi connectivity index (χ3n) is 2.72. The van der Waals surface area contributed by atoms with Gasteiger partial charge in [0.25, 0.3) is 5.91 Å². The van der Waals surface area contributed by atoms with Gasteiger partial charge in [0.05, 0.1) is 0 Å². The highest BCUT2D eigenvalue weighted by atomic mass is 35.5. The summed E-state index contributed by atoms with van der Waals surface area (Å²) in [5.74, 6) is -1.90. The van der Waals surface area contributed by atoms with Gasteiger partial charge in [0, 0.05) is 17.1 Å². The van der Waals surface area contributed by atoms with Gasteiger partial charge in [-0.25, -0.2) is 4.79 Å². The minimum atomic E-state index is -1.51. The van der Waals surface area contributed by atoms with Gasteiger partial charge in [-0.1, -0.05) is 23.2 Å². The first-order chi connectivity index (χ1) is 8.73. The fourth-order valence-corrected chi connectivity index (χ4v) is 1.97. The van der Waals surface area contributed by atoms with Crippen LogP contribution in [0.2, 0.25) is 10.0 Å². The number of aliphatic hydroxyl groups is 1. The number of carbonyl (C=O) groups excluding carboxylic acids is 1. The van der Waals surface area contributed by atoms with E-state index in [0.717, 1.165) is 4.90 Å². The number of halogens is 2. The smallest absolute Gasteiger partial charge is 0.326 e. The van der Waals surface area contributed by atoms with Crippen LogP contribution < -0.4 is 0 Å². The summed E-state index contributed by atoms with van der Waals surface area (Å²) in [6.45, 7) is 1.35. The molecule has 2 N–H and O–H groups in total. The Morgan fingerprint density at radius 1 is 1.21 bits per heavy atom. The van der Waals surface area contributed by atoms with Crippen molar-refractivity contribution in [3.8, 4) is 0 Å². The van der Waals surface area contributed by atoms with Crippen molar-refractivity contribution < 1.29 is 19.8 Å². The van der Waals surface area contributed by atoms with Crippen molar-refractivity contribution in [2.45, 2.75) is 19.1 Å². The Hall–Kier alpha value is -1.30. The summed E-state index contributed by atoms with van der Waals surface area (Å²) in [5.41, 5.74) is 0.215. The van der Waals surface area contributed by atoms with Crippen LogP contribution in [0.25, 0.3) is 0 Å². The molecule has 0 bridgehead atoms. The van der Waals surface area contributed by atoms with E-state index >= 15 is 0 Å². The van der Waals surface area contributed by atoms with Crippen LogP contribution in [0.3, 0.4) is 0 Å². The van der Waals surface area contributed by atoms with Gasteiger partial charge < -0.3 is 15.1 Å². The molecule has 0 heterocycles. The molecule has 2 atom stereocenters. The van der Waals surface area contributed by atoms with Gasteiger partial charge in [-0.05, 0) is 30.7 Å². The molecule has 7 heteroatoms. The first kappa shape index (κ1) is 15.8. The van der Waals surface area contributed by atoms with E-state index in [9.17, 15) is 14.7 Å².